The van der Waals surface area contributed by atoms with Crippen LogP contribution in [0.15, 0.2) is 42.5 Å². The number of benzene rings is 2. The molecule has 0 aliphatic rings. The second-order valence-electron chi connectivity index (χ2n) is 6.22. The van der Waals surface area contributed by atoms with Crippen molar-refractivity contribution < 1.29 is 27.1 Å². The number of aromatic nitrogens is 1. The zero-order valence-electron chi connectivity index (χ0n) is 14.8. The van der Waals surface area contributed by atoms with Crippen molar-refractivity contribution in [3.63, 3.8) is 0 Å². The van der Waals surface area contributed by atoms with Gasteiger partial charge in [-0.2, -0.15) is 13.2 Å². The molecule has 8 heteroatoms. The van der Waals surface area contributed by atoms with Crippen LogP contribution in [0.4, 0.5) is 17.6 Å². The Hall–Kier alpha value is -2.54. The fourth-order valence-electron chi connectivity index (χ4n) is 3.23. The normalized spacial score (nSPS) is 11.8. The molecular formula is C20H16ClF4NO2. The summed E-state index contributed by atoms with van der Waals surface area (Å²) in [5.74, 6) is -0.529. The Kier molecular flexibility index (Phi) is 5.65. The summed E-state index contributed by atoms with van der Waals surface area (Å²) >= 11 is 5.73. The summed E-state index contributed by atoms with van der Waals surface area (Å²) in [6.07, 6.45) is -4.62. The van der Waals surface area contributed by atoms with Crippen LogP contribution in [0.3, 0.4) is 0 Å². The molecule has 3 aromatic rings. The molecule has 3 nitrogen and oxygen atoms in total. The lowest BCUT2D eigenvalue weighted by molar-refractivity contribution is -0.138. The van der Waals surface area contributed by atoms with Crippen LogP contribution >= 0.6 is 11.6 Å². The molecule has 0 amide bonds. The van der Waals surface area contributed by atoms with Gasteiger partial charge in [-0.3, -0.25) is 0 Å². The summed E-state index contributed by atoms with van der Waals surface area (Å²) in [5, 5.41) is 0.608. The van der Waals surface area contributed by atoms with Gasteiger partial charge in [0.2, 0.25) is 0 Å². The van der Waals surface area contributed by atoms with E-state index in [2.05, 4.69) is 4.74 Å². The van der Waals surface area contributed by atoms with Crippen LogP contribution in [-0.4, -0.2) is 24.3 Å². The molecule has 0 fully saturated rings. The van der Waals surface area contributed by atoms with Crippen LogP contribution in [0, 0.1) is 0 Å². The molecule has 28 heavy (non-hydrogen) atoms. The van der Waals surface area contributed by atoms with Crippen molar-refractivity contribution in [1.82, 2.24) is 4.57 Å². The van der Waals surface area contributed by atoms with Gasteiger partial charge in [-0.05, 0) is 42.0 Å². The van der Waals surface area contributed by atoms with Crippen molar-refractivity contribution in [3.05, 3.63) is 69.9 Å². The van der Waals surface area contributed by atoms with Crippen LogP contribution in [0.2, 0.25) is 5.02 Å². The van der Waals surface area contributed by atoms with Gasteiger partial charge in [0.1, 0.15) is 6.67 Å². The molecule has 0 saturated carbocycles. The first kappa shape index (κ1) is 20.2. The number of rotatable bonds is 5. The van der Waals surface area contributed by atoms with E-state index in [1.165, 1.54) is 25.3 Å². The molecule has 0 bridgehead atoms. The number of ether oxygens (including phenoxy) is 1. The van der Waals surface area contributed by atoms with Gasteiger partial charge in [-0.1, -0.05) is 17.7 Å². The lowest BCUT2D eigenvalue weighted by atomic mass is 10.0. The molecule has 0 radical (unpaired) electrons. The largest absolute Gasteiger partial charge is 0.465 e. The molecule has 3 rings (SSSR count). The van der Waals surface area contributed by atoms with Crippen LogP contribution in [0.1, 0.15) is 27.2 Å². The van der Waals surface area contributed by atoms with E-state index >= 15 is 0 Å². The first-order valence-corrected chi connectivity index (χ1v) is 8.74. The average molecular weight is 414 g/mol. The average Bonchev–Trinajstić information content (AvgIpc) is 2.98. The number of fused-ring (bicyclic) bond motifs is 1. The molecular weight excluding hydrogens is 398 g/mol. The minimum absolute atomic E-state index is 0.00859. The van der Waals surface area contributed by atoms with Crippen molar-refractivity contribution in [3.8, 4) is 0 Å². The van der Waals surface area contributed by atoms with Crippen LogP contribution < -0.4 is 0 Å². The predicted octanol–water partition coefficient (Wildman–Crippen LogP) is 5.66. The summed E-state index contributed by atoms with van der Waals surface area (Å²) in [5.41, 5.74) is 0.645. The number of hydrogen-bond acceptors (Lipinski definition) is 2. The van der Waals surface area contributed by atoms with Gasteiger partial charge in [-0.25, -0.2) is 9.18 Å². The zero-order valence-corrected chi connectivity index (χ0v) is 15.6. The number of aryl methyl sites for hydroxylation is 1. The number of carbonyl (C=O) groups excluding carboxylic acids is 1. The van der Waals surface area contributed by atoms with Gasteiger partial charge in [0, 0.05) is 28.0 Å². The maximum absolute atomic E-state index is 13.4. The van der Waals surface area contributed by atoms with Gasteiger partial charge >= 0.3 is 12.1 Å². The van der Waals surface area contributed by atoms with E-state index in [1.54, 1.807) is 22.8 Å². The summed E-state index contributed by atoms with van der Waals surface area (Å²) < 4.78 is 59.6. The summed E-state index contributed by atoms with van der Waals surface area (Å²) in [4.78, 5) is 11.7. The Bertz CT molecular complexity index is 1030. The van der Waals surface area contributed by atoms with E-state index in [9.17, 15) is 22.4 Å². The Labute approximate surface area is 163 Å². The SMILES string of the molecule is COC(=O)c1ccc2c(c1)cc(Cc1ccc(Cl)cc1C(F)(F)F)n2CCF. The van der Waals surface area contributed by atoms with E-state index in [4.69, 9.17) is 11.6 Å². The molecule has 0 atom stereocenters. The molecule has 0 aliphatic carbocycles. The number of alkyl halides is 4. The van der Waals surface area contributed by atoms with Gasteiger partial charge < -0.3 is 9.30 Å². The Morgan fingerprint density at radius 2 is 1.89 bits per heavy atom. The minimum Gasteiger partial charge on any atom is -0.465 e. The van der Waals surface area contributed by atoms with Gasteiger partial charge in [0.05, 0.1) is 24.8 Å². The van der Waals surface area contributed by atoms with Gasteiger partial charge in [-0.15, -0.1) is 0 Å². The lowest BCUT2D eigenvalue weighted by Gasteiger charge is -2.15. The summed E-state index contributed by atoms with van der Waals surface area (Å²) in [6, 6.07) is 10.0. The first-order chi connectivity index (χ1) is 13.2. The molecule has 2 aromatic carbocycles. The number of halogens is 5. The minimum atomic E-state index is -4.56. The topological polar surface area (TPSA) is 31.2 Å². The monoisotopic (exact) mass is 413 g/mol. The standard InChI is InChI=1S/C20H16ClF4NO2/c1-28-19(27)13-3-5-18-14(8-13)10-16(26(18)7-6-22)9-12-2-4-15(21)11-17(12)20(23,24)25/h2-5,8,10-11H,6-7,9H2,1H3. The number of esters is 1. The third kappa shape index (κ3) is 3.99. The van der Waals surface area contributed by atoms with E-state index < -0.39 is 24.4 Å². The van der Waals surface area contributed by atoms with Gasteiger partial charge in [0.15, 0.2) is 0 Å². The third-order valence-corrected chi connectivity index (χ3v) is 4.70. The first-order valence-electron chi connectivity index (χ1n) is 8.36. The van der Waals surface area contributed by atoms with Crippen LogP contribution in [-0.2, 0) is 23.9 Å². The molecule has 1 heterocycles. The van der Waals surface area contributed by atoms with E-state index in [1.807, 2.05) is 0 Å². The molecule has 1 aromatic heterocycles. The maximum Gasteiger partial charge on any atom is 0.416 e. The fraction of sp³-hybridized carbons (Fsp3) is 0.250. The van der Waals surface area contributed by atoms with Crippen molar-refractivity contribution in [2.24, 2.45) is 0 Å². The molecule has 0 N–H and O–H groups in total. The van der Waals surface area contributed by atoms with E-state index in [-0.39, 0.29) is 23.6 Å². The number of hydrogen-bond donors (Lipinski definition) is 0. The summed E-state index contributed by atoms with van der Waals surface area (Å²) in [7, 11) is 1.26. The van der Waals surface area contributed by atoms with Crippen LogP contribution in [0.25, 0.3) is 10.9 Å². The molecule has 0 aliphatic heterocycles. The molecule has 0 spiro atoms. The number of nitrogens with zero attached hydrogens (tertiary/aromatic N) is 1. The number of methoxy groups -OCH3 is 1. The van der Waals surface area contributed by atoms with E-state index in [0.717, 1.165) is 6.07 Å². The smallest absolute Gasteiger partial charge is 0.416 e. The highest BCUT2D eigenvalue weighted by atomic mass is 35.5. The highest BCUT2D eigenvalue weighted by molar-refractivity contribution is 6.30. The Morgan fingerprint density at radius 3 is 2.54 bits per heavy atom. The lowest BCUT2D eigenvalue weighted by Crippen LogP contribution is -2.11. The number of carbonyl (C=O) groups is 1. The molecule has 0 unspecified atom stereocenters. The Morgan fingerprint density at radius 1 is 1.14 bits per heavy atom. The highest BCUT2D eigenvalue weighted by Crippen LogP contribution is 2.35. The predicted molar refractivity (Wildman–Crippen MR) is 98.5 cm³/mol. The Balaban J connectivity index is 2.10. The van der Waals surface area contributed by atoms with Crippen molar-refractivity contribution in [1.29, 1.82) is 0 Å². The van der Waals surface area contributed by atoms with Gasteiger partial charge in [0.25, 0.3) is 0 Å². The maximum atomic E-state index is 13.4. The quantitative estimate of drug-likeness (QED) is 0.399. The fourth-order valence-corrected chi connectivity index (χ4v) is 3.40. The van der Waals surface area contributed by atoms with E-state index in [0.29, 0.717) is 22.2 Å². The zero-order chi connectivity index (χ0) is 20.5. The second-order valence-corrected chi connectivity index (χ2v) is 6.65. The third-order valence-electron chi connectivity index (χ3n) is 4.47. The van der Waals surface area contributed by atoms with Crippen molar-refractivity contribution >= 4 is 28.5 Å². The second kappa shape index (κ2) is 7.83. The van der Waals surface area contributed by atoms with Crippen molar-refractivity contribution in [2.75, 3.05) is 13.8 Å². The van der Waals surface area contributed by atoms with Crippen molar-refractivity contribution in [2.45, 2.75) is 19.1 Å². The van der Waals surface area contributed by atoms with Crippen LogP contribution in [0.5, 0.6) is 0 Å². The molecule has 148 valence electrons. The summed E-state index contributed by atoms with van der Waals surface area (Å²) in [6.45, 7) is -0.687. The highest BCUT2D eigenvalue weighted by Gasteiger charge is 2.33. The molecule has 0 saturated heterocycles.